The van der Waals surface area contributed by atoms with Gasteiger partial charge in [-0.2, -0.15) is 0 Å². The number of benzene rings is 1. The van der Waals surface area contributed by atoms with Gasteiger partial charge in [-0.25, -0.2) is 0 Å². The summed E-state index contributed by atoms with van der Waals surface area (Å²) in [4.78, 5) is 14.1. The highest BCUT2D eigenvalue weighted by atomic mass is 16.7. The SMILES string of the molecule is CCC(C)CN(C)C(=O)c1cc2c(cc1N)OCO2. The summed E-state index contributed by atoms with van der Waals surface area (Å²) in [6.45, 7) is 5.11. The van der Waals surface area contributed by atoms with Crippen LogP contribution in [0.2, 0.25) is 0 Å². The number of ether oxygens (including phenoxy) is 2. The van der Waals surface area contributed by atoms with Crippen molar-refractivity contribution in [2.24, 2.45) is 5.92 Å². The number of carbonyl (C=O) groups excluding carboxylic acids is 1. The summed E-state index contributed by atoms with van der Waals surface area (Å²) in [5.41, 5.74) is 6.80. The first-order valence-electron chi connectivity index (χ1n) is 6.47. The predicted molar refractivity (Wildman–Crippen MR) is 73.4 cm³/mol. The van der Waals surface area contributed by atoms with Crippen molar-refractivity contribution in [1.29, 1.82) is 0 Å². The van der Waals surface area contributed by atoms with Crippen molar-refractivity contribution in [3.63, 3.8) is 0 Å². The van der Waals surface area contributed by atoms with Crippen LogP contribution in [0.3, 0.4) is 0 Å². The number of anilines is 1. The highest BCUT2D eigenvalue weighted by Crippen LogP contribution is 2.36. The third kappa shape index (κ3) is 2.75. The zero-order valence-corrected chi connectivity index (χ0v) is 11.6. The van der Waals surface area contributed by atoms with E-state index < -0.39 is 0 Å². The van der Waals surface area contributed by atoms with Crippen LogP contribution in [0, 0.1) is 5.92 Å². The van der Waals surface area contributed by atoms with Gasteiger partial charge in [0.25, 0.3) is 5.91 Å². The average Bonchev–Trinajstić information content (AvgIpc) is 2.83. The fraction of sp³-hybridized carbons (Fsp3) is 0.500. The summed E-state index contributed by atoms with van der Waals surface area (Å²) in [7, 11) is 1.79. The Kier molecular flexibility index (Phi) is 3.83. The molecule has 0 saturated carbocycles. The zero-order chi connectivity index (χ0) is 14.0. The van der Waals surface area contributed by atoms with E-state index in [1.807, 2.05) is 0 Å². The Morgan fingerprint density at radius 1 is 1.42 bits per heavy atom. The van der Waals surface area contributed by atoms with E-state index >= 15 is 0 Å². The Hall–Kier alpha value is -1.91. The lowest BCUT2D eigenvalue weighted by molar-refractivity contribution is 0.0775. The van der Waals surface area contributed by atoms with E-state index in [2.05, 4.69) is 13.8 Å². The summed E-state index contributed by atoms with van der Waals surface area (Å²) in [6, 6.07) is 3.31. The van der Waals surface area contributed by atoms with E-state index in [-0.39, 0.29) is 12.7 Å². The first-order valence-corrected chi connectivity index (χ1v) is 6.47. The van der Waals surface area contributed by atoms with Gasteiger partial charge in [-0.15, -0.1) is 0 Å². The summed E-state index contributed by atoms with van der Waals surface area (Å²) in [6.07, 6.45) is 1.04. The Labute approximate surface area is 113 Å². The minimum Gasteiger partial charge on any atom is -0.454 e. The molecule has 1 aliphatic rings. The van der Waals surface area contributed by atoms with Gasteiger partial charge >= 0.3 is 0 Å². The molecule has 0 bridgehead atoms. The molecule has 1 heterocycles. The summed E-state index contributed by atoms with van der Waals surface area (Å²) < 4.78 is 10.5. The minimum absolute atomic E-state index is 0.0869. The Bertz CT molecular complexity index is 488. The van der Waals surface area contributed by atoms with Crippen LogP contribution >= 0.6 is 0 Å². The molecule has 1 atom stereocenters. The molecule has 1 unspecified atom stereocenters. The number of amides is 1. The van der Waals surface area contributed by atoms with Crippen LogP contribution in [0.1, 0.15) is 30.6 Å². The number of nitrogens with zero attached hydrogens (tertiary/aromatic N) is 1. The van der Waals surface area contributed by atoms with Crippen molar-refractivity contribution in [1.82, 2.24) is 4.90 Å². The fourth-order valence-electron chi connectivity index (χ4n) is 2.03. The van der Waals surface area contributed by atoms with Crippen molar-refractivity contribution in [2.45, 2.75) is 20.3 Å². The lowest BCUT2D eigenvalue weighted by Gasteiger charge is -2.21. The van der Waals surface area contributed by atoms with Crippen LogP contribution in [0.4, 0.5) is 5.69 Å². The number of fused-ring (bicyclic) bond motifs is 1. The van der Waals surface area contributed by atoms with Gasteiger partial charge in [0.15, 0.2) is 11.5 Å². The van der Waals surface area contributed by atoms with Gasteiger partial charge in [-0.3, -0.25) is 4.79 Å². The van der Waals surface area contributed by atoms with E-state index in [0.29, 0.717) is 35.2 Å². The predicted octanol–water partition coefficient (Wildman–Crippen LogP) is 2.12. The molecule has 0 aromatic heterocycles. The maximum absolute atomic E-state index is 12.4. The molecule has 0 saturated heterocycles. The van der Waals surface area contributed by atoms with Gasteiger partial charge in [-0.1, -0.05) is 20.3 Å². The quantitative estimate of drug-likeness (QED) is 0.846. The highest BCUT2D eigenvalue weighted by Gasteiger charge is 2.22. The second kappa shape index (κ2) is 5.38. The monoisotopic (exact) mass is 264 g/mol. The van der Waals surface area contributed by atoms with E-state index in [1.54, 1.807) is 24.1 Å². The standard InChI is InChI=1S/C14H20N2O3/c1-4-9(2)7-16(3)14(17)10-5-12-13(6-11(10)15)19-8-18-12/h5-6,9H,4,7-8,15H2,1-3H3. The van der Waals surface area contributed by atoms with Crippen molar-refractivity contribution < 1.29 is 14.3 Å². The van der Waals surface area contributed by atoms with Crippen LogP contribution in [0.25, 0.3) is 0 Å². The first-order chi connectivity index (χ1) is 9.02. The molecule has 2 N–H and O–H groups in total. The fourth-order valence-corrected chi connectivity index (χ4v) is 2.03. The van der Waals surface area contributed by atoms with Crippen molar-refractivity contribution in [3.05, 3.63) is 17.7 Å². The lowest BCUT2D eigenvalue weighted by atomic mass is 10.1. The third-order valence-corrected chi connectivity index (χ3v) is 3.40. The van der Waals surface area contributed by atoms with E-state index in [9.17, 15) is 4.79 Å². The molecular formula is C14H20N2O3. The second-order valence-corrected chi connectivity index (χ2v) is 4.99. The van der Waals surface area contributed by atoms with Crippen molar-refractivity contribution in [3.8, 4) is 11.5 Å². The third-order valence-electron chi connectivity index (χ3n) is 3.40. The highest BCUT2D eigenvalue weighted by molar-refractivity contribution is 6.00. The molecular weight excluding hydrogens is 244 g/mol. The van der Waals surface area contributed by atoms with Crippen LogP contribution in [-0.2, 0) is 0 Å². The summed E-state index contributed by atoms with van der Waals surface area (Å²) in [5, 5.41) is 0. The molecule has 0 fully saturated rings. The summed E-state index contributed by atoms with van der Waals surface area (Å²) in [5.74, 6) is 1.55. The maximum atomic E-state index is 12.4. The number of rotatable bonds is 4. The molecule has 0 spiro atoms. The first kappa shape index (κ1) is 13.5. The molecule has 104 valence electrons. The normalized spacial score (nSPS) is 14.3. The van der Waals surface area contributed by atoms with Gasteiger partial charge in [0.2, 0.25) is 6.79 Å². The smallest absolute Gasteiger partial charge is 0.255 e. The molecule has 2 rings (SSSR count). The molecule has 0 aliphatic carbocycles. The van der Waals surface area contributed by atoms with Gasteiger partial charge in [0.05, 0.1) is 5.56 Å². The molecule has 5 heteroatoms. The Balaban J connectivity index is 2.19. The van der Waals surface area contributed by atoms with Crippen LogP contribution in [-0.4, -0.2) is 31.2 Å². The molecule has 1 amide bonds. The van der Waals surface area contributed by atoms with E-state index in [1.165, 1.54) is 0 Å². The lowest BCUT2D eigenvalue weighted by Crippen LogP contribution is -2.31. The number of nitrogens with two attached hydrogens (primary N) is 1. The maximum Gasteiger partial charge on any atom is 0.255 e. The minimum atomic E-state index is -0.0869. The van der Waals surface area contributed by atoms with Gasteiger partial charge < -0.3 is 20.1 Å². The molecule has 19 heavy (non-hydrogen) atoms. The number of carbonyl (C=O) groups is 1. The number of nitrogen functional groups attached to an aromatic ring is 1. The van der Waals surface area contributed by atoms with E-state index in [0.717, 1.165) is 6.42 Å². The van der Waals surface area contributed by atoms with E-state index in [4.69, 9.17) is 15.2 Å². The zero-order valence-electron chi connectivity index (χ0n) is 11.6. The van der Waals surface area contributed by atoms with Crippen molar-refractivity contribution in [2.75, 3.05) is 26.1 Å². The molecule has 5 nitrogen and oxygen atoms in total. The van der Waals surface area contributed by atoms with Crippen LogP contribution in [0.15, 0.2) is 12.1 Å². The average molecular weight is 264 g/mol. The number of hydrogen-bond donors (Lipinski definition) is 1. The van der Waals surface area contributed by atoms with Gasteiger partial charge in [-0.05, 0) is 12.0 Å². The molecule has 1 aromatic carbocycles. The Morgan fingerprint density at radius 3 is 2.68 bits per heavy atom. The van der Waals surface area contributed by atoms with Crippen LogP contribution < -0.4 is 15.2 Å². The summed E-state index contributed by atoms with van der Waals surface area (Å²) >= 11 is 0. The number of hydrogen-bond acceptors (Lipinski definition) is 4. The molecule has 0 radical (unpaired) electrons. The molecule has 1 aromatic rings. The van der Waals surface area contributed by atoms with Gasteiger partial charge in [0.1, 0.15) is 0 Å². The van der Waals surface area contributed by atoms with Crippen LogP contribution in [0.5, 0.6) is 11.5 Å². The van der Waals surface area contributed by atoms with Crippen molar-refractivity contribution >= 4 is 11.6 Å². The van der Waals surface area contributed by atoms with Gasteiger partial charge in [0, 0.05) is 25.3 Å². The Morgan fingerprint density at radius 2 is 2.05 bits per heavy atom. The topological polar surface area (TPSA) is 64.8 Å². The molecule has 1 aliphatic heterocycles. The largest absolute Gasteiger partial charge is 0.454 e. The second-order valence-electron chi connectivity index (χ2n) is 4.99.